The third-order valence-corrected chi connectivity index (χ3v) is 4.26. The Balaban J connectivity index is 1.87. The van der Waals surface area contributed by atoms with Crippen LogP contribution in [0.3, 0.4) is 0 Å². The topological polar surface area (TPSA) is 75.3 Å². The summed E-state index contributed by atoms with van der Waals surface area (Å²) in [6.07, 6.45) is 3.90. The van der Waals surface area contributed by atoms with Crippen molar-refractivity contribution in [2.45, 2.75) is 51.0 Å². The van der Waals surface area contributed by atoms with Crippen molar-refractivity contribution in [1.82, 2.24) is 9.97 Å². The van der Waals surface area contributed by atoms with Crippen LogP contribution < -0.4 is 10.6 Å². The molecule has 2 aliphatic rings. The molecular formula is C14H22N4O. The summed E-state index contributed by atoms with van der Waals surface area (Å²) < 4.78 is 0. The highest BCUT2D eigenvalue weighted by atomic mass is 16.3. The summed E-state index contributed by atoms with van der Waals surface area (Å²) >= 11 is 0. The van der Waals surface area contributed by atoms with Crippen LogP contribution in [0.25, 0.3) is 0 Å². The van der Waals surface area contributed by atoms with Crippen molar-refractivity contribution in [3.63, 3.8) is 0 Å². The van der Waals surface area contributed by atoms with Gasteiger partial charge in [-0.1, -0.05) is 0 Å². The lowest BCUT2D eigenvalue weighted by Crippen LogP contribution is -2.43. The molecule has 1 aromatic heterocycles. The molecule has 0 spiro atoms. The van der Waals surface area contributed by atoms with E-state index in [9.17, 15) is 5.11 Å². The molecule has 0 unspecified atom stereocenters. The van der Waals surface area contributed by atoms with E-state index in [0.717, 1.165) is 43.1 Å². The Morgan fingerprint density at radius 2 is 1.89 bits per heavy atom. The van der Waals surface area contributed by atoms with Crippen LogP contribution in [0.4, 0.5) is 11.6 Å². The highest BCUT2D eigenvalue weighted by Gasteiger charge is 2.31. The van der Waals surface area contributed by atoms with Crippen molar-refractivity contribution >= 4 is 11.6 Å². The molecule has 0 bridgehead atoms. The van der Waals surface area contributed by atoms with Gasteiger partial charge in [0.1, 0.15) is 17.5 Å². The van der Waals surface area contributed by atoms with Gasteiger partial charge in [0, 0.05) is 24.6 Å². The van der Waals surface area contributed by atoms with E-state index in [1.807, 2.05) is 13.8 Å². The van der Waals surface area contributed by atoms with Crippen LogP contribution in [0, 0.1) is 6.92 Å². The molecular weight excluding hydrogens is 240 g/mol. The molecule has 5 nitrogen and oxygen atoms in total. The lowest BCUT2D eigenvalue weighted by molar-refractivity contribution is 0.0350. The lowest BCUT2D eigenvalue weighted by atomic mass is 9.94. The van der Waals surface area contributed by atoms with Gasteiger partial charge in [0.25, 0.3) is 0 Å². The number of nitrogens with zero attached hydrogens (tertiary/aromatic N) is 3. The van der Waals surface area contributed by atoms with Crippen molar-refractivity contribution in [3.8, 4) is 0 Å². The normalized spacial score (nSPS) is 22.6. The van der Waals surface area contributed by atoms with Gasteiger partial charge < -0.3 is 15.7 Å². The number of piperidine rings is 1. The Morgan fingerprint density at radius 1 is 1.26 bits per heavy atom. The third kappa shape index (κ3) is 2.52. The number of aliphatic hydroxyl groups is 1. The van der Waals surface area contributed by atoms with Gasteiger partial charge in [0.15, 0.2) is 0 Å². The average molecular weight is 262 g/mol. The summed E-state index contributed by atoms with van der Waals surface area (Å²) in [6.45, 7) is 5.54. The van der Waals surface area contributed by atoms with Gasteiger partial charge in [0.2, 0.25) is 0 Å². The molecule has 1 aromatic rings. The summed E-state index contributed by atoms with van der Waals surface area (Å²) in [6, 6.07) is 0. The first-order valence-electron chi connectivity index (χ1n) is 7.08. The van der Waals surface area contributed by atoms with Gasteiger partial charge in [-0.3, -0.25) is 0 Å². The molecule has 1 saturated heterocycles. The maximum absolute atomic E-state index is 10.0. The Kier molecular flexibility index (Phi) is 2.89. The predicted molar refractivity (Wildman–Crippen MR) is 75.2 cm³/mol. The maximum atomic E-state index is 10.0. The van der Waals surface area contributed by atoms with Crippen LogP contribution in [-0.4, -0.2) is 33.8 Å². The summed E-state index contributed by atoms with van der Waals surface area (Å²) in [4.78, 5) is 11.4. The van der Waals surface area contributed by atoms with E-state index in [-0.39, 0.29) is 0 Å². The lowest BCUT2D eigenvalue weighted by Gasteiger charge is -2.37. The first-order valence-corrected chi connectivity index (χ1v) is 7.08. The molecule has 0 atom stereocenters. The van der Waals surface area contributed by atoms with Crippen LogP contribution in [0.1, 0.15) is 49.9 Å². The Morgan fingerprint density at radius 3 is 2.47 bits per heavy atom. The summed E-state index contributed by atoms with van der Waals surface area (Å²) in [7, 11) is 0. The molecule has 1 saturated carbocycles. The van der Waals surface area contributed by atoms with E-state index in [4.69, 9.17) is 10.7 Å². The second-order valence-electron chi connectivity index (χ2n) is 6.17. The van der Waals surface area contributed by atoms with Crippen LogP contribution >= 0.6 is 0 Å². The summed E-state index contributed by atoms with van der Waals surface area (Å²) in [5, 5.41) is 10.0. The van der Waals surface area contributed by atoms with Gasteiger partial charge >= 0.3 is 0 Å². The number of nitrogens with two attached hydrogens (primary N) is 1. The minimum atomic E-state index is -0.539. The third-order valence-electron chi connectivity index (χ3n) is 4.26. The molecule has 1 aliphatic heterocycles. The van der Waals surface area contributed by atoms with Gasteiger partial charge in [-0.05, 0) is 39.5 Å². The van der Waals surface area contributed by atoms with Gasteiger partial charge in [-0.25, -0.2) is 9.97 Å². The minimum absolute atomic E-state index is 0.509. The number of anilines is 2. The number of rotatable bonds is 2. The second kappa shape index (κ2) is 4.34. The largest absolute Gasteiger partial charge is 0.390 e. The zero-order valence-electron chi connectivity index (χ0n) is 11.7. The van der Waals surface area contributed by atoms with Crippen molar-refractivity contribution in [2.24, 2.45) is 0 Å². The standard InChI is InChI=1S/C14H22N4O/c1-9-11(15)16-12(10-3-4-10)17-13(9)18-7-5-14(2,19)6-8-18/h10,19H,3-8H2,1-2H3,(H2,15,16,17). The molecule has 2 heterocycles. The fourth-order valence-electron chi connectivity index (χ4n) is 2.57. The quantitative estimate of drug-likeness (QED) is 0.846. The molecule has 0 amide bonds. The van der Waals surface area contributed by atoms with E-state index in [1.54, 1.807) is 0 Å². The van der Waals surface area contributed by atoms with Crippen molar-refractivity contribution < 1.29 is 5.11 Å². The summed E-state index contributed by atoms with van der Waals surface area (Å²) in [5.74, 6) is 2.97. The van der Waals surface area contributed by atoms with Gasteiger partial charge in [-0.2, -0.15) is 0 Å². The predicted octanol–water partition coefficient (Wildman–Crippen LogP) is 1.60. The molecule has 19 heavy (non-hydrogen) atoms. The van der Waals surface area contributed by atoms with E-state index >= 15 is 0 Å². The molecule has 3 N–H and O–H groups in total. The monoisotopic (exact) mass is 262 g/mol. The van der Waals surface area contributed by atoms with Crippen LogP contribution in [0.15, 0.2) is 0 Å². The number of nitrogen functional groups attached to an aromatic ring is 1. The SMILES string of the molecule is Cc1c(N)nc(C2CC2)nc1N1CCC(C)(O)CC1. The Hall–Kier alpha value is -1.36. The number of aromatic nitrogens is 2. The van der Waals surface area contributed by atoms with Crippen molar-refractivity contribution in [3.05, 3.63) is 11.4 Å². The molecule has 0 aromatic carbocycles. The van der Waals surface area contributed by atoms with Crippen molar-refractivity contribution in [1.29, 1.82) is 0 Å². The number of hydrogen-bond donors (Lipinski definition) is 2. The first kappa shape index (κ1) is 12.7. The molecule has 5 heteroatoms. The van der Waals surface area contributed by atoms with Gasteiger partial charge in [-0.15, -0.1) is 0 Å². The zero-order valence-corrected chi connectivity index (χ0v) is 11.7. The van der Waals surface area contributed by atoms with Crippen molar-refractivity contribution in [2.75, 3.05) is 23.7 Å². The maximum Gasteiger partial charge on any atom is 0.137 e. The van der Waals surface area contributed by atoms with E-state index < -0.39 is 5.60 Å². The fraction of sp³-hybridized carbons (Fsp3) is 0.714. The number of hydrogen-bond acceptors (Lipinski definition) is 5. The Labute approximate surface area is 113 Å². The average Bonchev–Trinajstić information content (AvgIpc) is 3.17. The highest BCUT2D eigenvalue weighted by Crippen LogP contribution is 2.40. The molecule has 3 rings (SSSR count). The van der Waals surface area contributed by atoms with Crippen LogP contribution in [0.5, 0.6) is 0 Å². The second-order valence-corrected chi connectivity index (χ2v) is 6.17. The van der Waals surface area contributed by atoms with Crippen LogP contribution in [-0.2, 0) is 0 Å². The molecule has 104 valence electrons. The Bertz CT molecular complexity index is 486. The van der Waals surface area contributed by atoms with E-state index in [1.165, 1.54) is 12.8 Å². The fourth-order valence-corrected chi connectivity index (χ4v) is 2.57. The van der Waals surface area contributed by atoms with Crippen LogP contribution in [0.2, 0.25) is 0 Å². The van der Waals surface area contributed by atoms with E-state index in [0.29, 0.717) is 11.7 Å². The molecule has 2 fully saturated rings. The smallest absolute Gasteiger partial charge is 0.137 e. The first-order chi connectivity index (χ1) is 8.96. The zero-order chi connectivity index (χ0) is 13.6. The molecule has 1 aliphatic carbocycles. The molecule has 0 radical (unpaired) electrons. The highest BCUT2D eigenvalue weighted by molar-refractivity contribution is 5.57. The minimum Gasteiger partial charge on any atom is -0.390 e. The van der Waals surface area contributed by atoms with Gasteiger partial charge in [0.05, 0.1) is 5.60 Å². The summed E-state index contributed by atoms with van der Waals surface area (Å²) in [5.41, 5.74) is 6.44. The van der Waals surface area contributed by atoms with E-state index in [2.05, 4.69) is 9.88 Å².